The van der Waals surface area contributed by atoms with Gasteiger partial charge in [0.05, 0.1) is 13.2 Å². The van der Waals surface area contributed by atoms with Gasteiger partial charge >= 0.3 is 5.97 Å². The number of esters is 1. The van der Waals surface area contributed by atoms with Gasteiger partial charge in [0.15, 0.2) is 0 Å². The number of hydrogen-bond donors (Lipinski definition) is 3. The Bertz CT molecular complexity index is 800. The third kappa shape index (κ3) is 10.3. The number of aliphatic hydroxyl groups excluding tert-OH is 1. The van der Waals surface area contributed by atoms with Crippen LogP contribution in [0.1, 0.15) is 31.2 Å². The van der Waals surface area contributed by atoms with Crippen molar-refractivity contribution in [3.8, 4) is 22.6 Å². The minimum atomic E-state index is -0.374. The van der Waals surface area contributed by atoms with Crippen molar-refractivity contribution in [2.45, 2.75) is 32.1 Å². The van der Waals surface area contributed by atoms with E-state index in [0.29, 0.717) is 19.6 Å². The van der Waals surface area contributed by atoms with Crippen molar-refractivity contribution in [2.24, 2.45) is 0 Å². The molecule has 7 nitrogen and oxygen atoms in total. The van der Waals surface area contributed by atoms with Gasteiger partial charge in [-0.15, -0.1) is 0 Å². The molecule has 0 heterocycles. The lowest BCUT2D eigenvalue weighted by Crippen LogP contribution is -2.02. The molecule has 31 heavy (non-hydrogen) atoms. The van der Waals surface area contributed by atoms with E-state index in [-0.39, 0.29) is 24.8 Å². The number of hydrogen-bond acceptors (Lipinski definition) is 6. The topological polar surface area (TPSA) is 113 Å². The molecule has 0 aliphatic heterocycles. The summed E-state index contributed by atoms with van der Waals surface area (Å²) in [7, 11) is 0. The molecule has 0 radical (unpaired) electrons. The van der Waals surface area contributed by atoms with Crippen molar-refractivity contribution in [3.63, 3.8) is 0 Å². The first-order valence-electron chi connectivity index (χ1n) is 10.1. The lowest BCUT2D eigenvalue weighted by molar-refractivity contribution is -0.137. The summed E-state index contributed by atoms with van der Waals surface area (Å²) in [5.41, 5.74) is 2.57. The van der Waals surface area contributed by atoms with Gasteiger partial charge in [0.1, 0.15) is 11.5 Å². The number of carbonyl (C=O) groups is 2. The van der Waals surface area contributed by atoms with Crippen LogP contribution in [0.5, 0.6) is 11.5 Å². The third-order valence-electron chi connectivity index (χ3n) is 4.35. The number of phenols is 1. The SMILES string of the molecule is C=CC(=O)OCCCCCCOc1ccc(-c2ccc(CCO)cc2O)cc1.O=CO. The molecule has 0 aromatic heterocycles. The molecule has 0 saturated heterocycles. The quantitative estimate of drug-likeness (QED) is 0.202. The van der Waals surface area contributed by atoms with E-state index in [9.17, 15) is 9.90 Å². The highest BCUT2D eigenvalue weighted by Crippen LogP contribution is 2.31. The molecule has 0 saturated carbocycles. The standard InChI is InChI=1S/C23H28O5.CH2O2/c1-2-23(26)28-16-6-4-3-5-15-27-20-10-8-19(9-11-20)21-12-7-18(13-14-24)17-22(21)25;2-1-3/h2,7-12,17,24-25H,1,3-6,13-16H2;1H,(H,2,3). The van der Waals surface area contributed by atoms with Crippen LogP contribution in [0.25, 0.3) is 11.1 Å². The lowest BCUT2D eigenvalue weighted by atomic mass is 10.0. The molecule has 0 aliphatic rings. The van der Waals surface area contributed by atoms with Crippen molar-refractivity contribution < 1.29 is 34.4 Å². The van der Waals surface area contributed by atoms with Gasteiger partial charge in [0, 0.05) is 18.2 Å². The van der Waals surface area contributed by atoms with E-state index in [1.54, 1.807) is 6.07 Å². The number of carboxylic acid groups (broad SMARTS) is 1. The molecule has 3 N–H and O–H groups in total. The summed E-state index contributed by atoms with van der Waals surface area (Å²) in [6, 6.07) is 13.1. The van der Waals surface area contributed by atoms with Crippen molar-refractivity contribution in [1.29, 1.82) is 0 Å². The molecule has 0 atom stereocenters. The predicted molar refractivity (Wildman–Crippen MR) is 118 cm³/mol. The number of phenolic OH excluding ortho intramolecular Hbond substituents is 1. The van der Waals surface area contributed by atoms with Crippen LogP contribution in [-0.4, -0.2) is 47.6 Å². The van der Waals surface area contributed by atoms with Gasteiger partial charge < -0.3 is 24.8 Å². The Labute approximate surface area is 182 Å². The first kappa shape index (κ1) is 25.7. The Balaban J connectivity index is 0.00000151. The van der Waals surface area contributed by atoms with Gasteiger partial charge in [0.25, 0.3) is 6.47 Å². The van der Waals surface area contributed by atoms with E-state index in [2.05, 4.69) is 6.58 Å². The van der Waals surface area contributed by atoms with Gasteiger partial charge in [-0.25, -0.2) is 4.79 Å². The number of rotatable bonds is 12. The summed E-state index contributed by atoms with van der Waals surface area (Å²) >= 11 is 0. The van der Waals surface area contributed by atoms with Gasteiger partial charge in [-0.1, -0.05) is 30.8 Å². The zero-order chi connectivity index (χ0) is 22.9. The van der Waals surface area contributed by atoms with Crippen LogP contribution in [0, 0.1) is 0 Å². The van der Waals surface area contributed by atoms with Crippen LogP contribution >= 0.6 is 0 Å². The maximum Gasteiger partial charge on any atom is 0.330 e. The van der Waals surface area contributed by atoms with E-state index in [0.717, 1.165) is 48.1 Å². The second-order valence-electron chi connectivity index (χ2n) is 6.59. The van der Waals surface area contributed by atoms with E-state index in [4.69, 9.17) is 24.5 Å². The molecule has 168 valence electrons. The van der Waals surface area contributed by atoms with Crippen LogP contribution in [-0.2, 0) is 20.7 Å². The highest BCUT2D eigenvalue weighted by Gasteiger charge is 2.06. The van der Waals surface area contributed by atoms with Crippen LogP contribution in [0.4, 0.5) is 0 Å². The van der Waals surface area contributed by atoms with Crippen LogP contribution in [0.2, 0.25) is 0 Å². The number of aromatic hydroxyl groups is 1. The Kier molecular flexibility index (Phi) is 12.9. The third-order valence-corrected chi connectivity index (χ3v) is 4.35. The lowest BCUT2D eigenvalue weighted by Gasteiger charge is -2.09. The molecule has 7 heteroatoms. The first-order chi connectivity index (χ1) is 15.0. The number of carbonyl (C=O) groups excluding carboxylic acids is 1. The molecular weight excluding hydrogens is 400 g/mol. The molecule has 0 aliphatic carbocycles. The maximum atomic E-state index is 10.9. The Morgan fingerprint density at radius 2 is 1.65 bits per heavy atom. The normalized spacial score (nSPS) is 9.84. The smallest absolute Gasteiger partial charge is 0.330 e. The minimum Gasteiger partial charge on any atom is -0.507 e. The average Bonchev–Trinajstić information content (AvgIpc) is 2.77. The second-order valence-corrected chi connectivity index (χ2v) is 6.59. The Hall–Kier alpha value is -3.32. The maximum absolute atomic E-state index is 10.9. The predicted octanol–water partition coefficient (Wildman–Crippen LogP) is 3.96. The molecule has 2 rings (SSSR count). The molecule has 0 unspecified atom stereocenters. The fraction of sp³-hybridized carbons (Fsp3) is 0.333. The number of ether oxygens (including phenoxy) is 2. The first-order valence-corrected chi connectivity index (χ1v) is 10.1. The molecule has 2 aromatic rings. The molecule has 2 aromatic carbocycles. The summed E-state index contributed by atoms with van der Waals surface area (Å²) < 4.78 is 10.7. The molecule has 0 bridgehead atoms. The summed E-state index contributed by atoms with van der Waals surface area (Å²) in [4.78, 5) is 19.3. The monoisotopic (exact) mass is 430 g/mol. The van der Waals surface area contributed by atoms with Gasteiger partial charge in [-0.3, -0.25) is 4.79 Å². The van der Waals surface area contributed by atoms with E-state index in [1.807, 2.05) is 36.4 Å². The van der Waals surface area contributed by atoms with Crippen LogP contribution in [0.15, 0.2) is 55.1 Å². The zero-order valence-electron chi connectivity index (χ0n) is 17.5. The van der Waals surface area contributed by atoms with Gasteiger partial charge in [-0.05, 0) is 61.4 Å². The summed E-state index contributed by atoms with van der Waals surface area (Å²) in [5.74, 6) is 0.625. The Morgan fingerprint density at radius 1 is 1.00 bits per heavy atom. The molecular formula is C24H30O7. The summed E-state index contributed by atoms with van der Waals surface area (Å²) in [5, 5.41) is 26.1. The summed E-state index contributed by atoms with van der Waals surface area (Å²) in [6.45, 7) is 4.23. The second kappa shape index (κ2) is 15.5. The molecule has 0 amide bonds. The minimum absolute atomic E-state index is 0.0631. The summed E-state index contributed by atoms with van der Waals surface area (Å²) in [6.07, 6.45) is 5.47. The zero-order valence-corrected chi connectivity index (χ0v) is 17.5. The Morgan fingerprint density at radius 3 is 2.23 bits per heavy atom. The van der Waals surface area contributed by atoms with Gasteiger partial charge in [-0.2, -0.15) is 0 Å². The highest BCUT2D eigenvalue weighted by molar-refractivity contribution is 5.81. The van der Waals surface area contributed by atoms with Crippen LogP contribution < -0.4 is 4.74 Å². The van der Waals surface area contributed by atoms with E-state index < -0.39 is 0 Å². The van der Waals surface area contributed by atoms with Crippen molar-refractivity contribution >= 4 is 12.4 Å². The van der Waals surface area contributed by atoms with Crippen molar-refractivity contribution in [3.05, 3.63) is 60.7 Å². The van der Waals surface area contributed by atoms with Crippen LogP contribution in [0.3, 0.4) is 0 Å². The molecule has 0 fully saturated rings. The van der Waals surface area contributed by atoms with E-state index in [1.165, 1.54) is 6.08 Å². The molecule has 0 spiro atoms. The van der Waals surface area contributed by atoms with Crippen molar-refractivity contribution in [1.82, 2.24) is 0 Å². The van der Waals surface area contributed by atoms with Gasteiger partial charge in [0.2, 0.25) is 0 Å². The number of benzene rings is 2. The largest absolute Gasteiger partial charge is 0.507 e. The number of unbranched alkanes of at least 4 members (excludes halogenated alkanes) is 3. The van der Waals surface area contributed by atoms with E-state index >= 15 is 0 Å². The van der Waals surface area contributed by atoms with Crippen molar-refractivity contribution in [2.75, 3.05) is 19.8 Å². The fourth-order valence-corrected chi connectivity index (χ4v) is 2.82. The average molecular weight is 430 g/mol. The highest BCUT2D eigenvalue weighted by atomic mass is 16.5. The number of aliphatic hydroxyl groups is 1. The fourth-order valence-electron chi connectivity index (χ4n) is 2.82.